The van der Waals surface area contributed by atoms with Crippen LogP contribution in [-0.4, -0.2) is 13.2 Å². The number of benzene rings is 1. The van der Waals surface area contributed by atoms with Gasteiger partial charge in [-0.05, 0) is 67.7 Å². The smallest absolute Gasteiger partial charge is 0.348 e. The number of allylic oxidation sites excluding steroid dienone is 1. The van der Waals surface area contributed by atoms with E-state index in [2.05, 4.69) is 6.58 Å². The van der Waals surface area contributed by atoms with Gasteiger partial charge in [0.1, 0.15) is 17.2 Å². The number of alkyl halides is 3. The van der Waals surface area contributed by atoms with E-state index in [9.17, 15) is 17.6 Å². The fourth-order valence-electron chi connectivity index (χ4n) is 4.09. The van der Waals surface area contributed by atoms with Crippen molar-refractivity contribution in [1.29, 1.82) is 0 Å². The lowest BCUT2D eigenvalue weighted by Crippen LogP contribution is -2.28. The van der Waals surface area contributed by atoms with Gasteiger partial charge in [-0.15, -0.1) is 6.58 Å². The SMILES string of the molecule is C=CC1CCC(CCC2COC(c3cc(F)c(C(F)(F)Cl)c(F)c3)OC2)CC1. The lowest BCUT2D eigenvalue weighted by atomic mass is 9.79. The summed E-state index contributed by atoms with van der Waals surface area (Å²) in [6.45, 7) is 4.68. The molecule has 0 spiro atoms. The van der Waals surface area contributed by atoms with E-state index >= 15 is 0 Å². The van der Waals surface area contributed by atoms with Crippen LogP contribution in [-0.2, 0) is 14.9 Å². The van der Waals surface area contributed by atoms with E-state index in [4.69, 9.17) is 21.1 Å². The summed E-state index contributed by atoms with van der Waals surface area (Å²) < 4.78 is 65.2. The standard InChI is InChI=1S/C21H25ClF4O2/c1-2-13-3-5-14(6-4-13)7-8-15-11-27-20(28-12-15)16-9-17(23)19(18(24)10-16)21(22,25)26/h2,9-10,13-15,20H,1,3-8,11-12H2. The van der Waals surface area contributed by atoms with Crippen LogP contribution >= 0.6 is 11.6 Å². The van der Waals surface area contributed by atoms with E-state index in [1.165, 1.54) is 25.7 Å². The maximum atomic E-state index is 13.9. The molecule has 1 aliphatic carbocycles. The van der Waals surface area contributed by atoms with Crippen molar-refractivity contribution in [3.8, 4) is 0 Å². The summed E-state index contributed by atoms with van der Waals surface area (Å²) in [7, 11) is 0. The van der Waals surface area contributed by atoms with Crippen LogP contribution in [0.3, 0.4) is 0 Å². The Morgan fingerprint density at radius 2 is 1.54 bits per heavy atom. The van der Waals surface area contributed by atoms with Crippen molar-refractivity contribution in [2.75, 3.05) is 13.2 Å². The van der Waals surface area contributed by atoms with Crippen molar-refractivity contribution in [2.24, 2.45) is 17.8 Å². The van der Waals surface area contributed by atoms with Gasteiger partial charge in [-0.25, -0.2) is 8.78 Å². The molecule has 1 aromatic rings. The highest BCUT2D eigenvalue weighted by Crippen LogP contribution is 2.38. The molecule has 3 rings (SSSR count). The highest BCUT2D eigenvalue weighted by atomic mass is 35.5. The van der Waals surface area contributed by atoms with E-state index in [0.29, 0.717) is 25.0 Å². The van der Waals surface area contributed by atoms with Crippen molar-refractivity contribution >= 4 is 11.6 Å². The second kappa shape index (κ2) is 9.14. The van der Waals surface area contributed by atoms with Crippen LogP contribution in [0.2, 0.25) is 0 Å². The Morgan fingerprint density at radius 3 is 2.04 bits per heavy atom. The van der Waals surface area contributed by atoms with Crippen LogP contribution in [0.5, 0.6) is 0 Å². The summed E-state index contributed by atoms with van der Waals surface area (Å²) in [5, 5.41) is -4.11. The number of rotatable bonds is 6. The first-order valence-corrected chi connectivity index (χ1v) is 10.1. The van der Waals surface area contributed by atoms with Gasteiger partial charge in [0.05, 0.1) is 13.2 Å². The molecule has 7 heteroatoms. The predicted octanol–water partition coefficient (Wildman–Crippen LogP) is 6.69. The van der Waals surface area contributed by atoms with E-state index < -0.39 is 28.9 Å². The summed E-state index contributed by atoms with van der Waals surface area (Å²) in [5.41, 5.74) is -1.43. The normalized spacial score (nSPS) is 28.9. The zero-order valence-corrected chi connectivity index (χ0v) is 16.4. The summed E-state index contributed by atoms with van der Waals surface area (Å²) in [5.74, 6) is -1.26. The molecule has 0 unspecified atom stereocenters. The van der Waals surface area contributed by atoms with Gasteiger partial charge in [-0.3, -0.25) is 0 Å². The van der Waals surface area contributed by atoms with Gasteiger partial charge in [-0.2, -0.15) is 8.78 Å². The van der Waals surface area contributed by atoms with Gasteiger partial charge in [0, 0.05) is 11.5 Å². The molecule has 0 amide bonds. The Balaban J connectivity index is 1.50. The summed E-state index contributed by atoms with van der Waals surface area (Å²) in [6.07, 6.45) is 7.97. The Hall–Kier alpha value is -1.11. The van der Waals surface area contributed by atoms with E-state index in [0.717, 1.165) is 25.0 Å². The Kier molecular flexibility index (Phi) is 7.05. The summed E-state index contributed by atoms with van der Waals surface area (Å²) in [4.78, 5) is 0. The molecule has 2 nitrogen and oxygen atoms in total. The van der Waals surface area contributed by atoms with Gasteiger partial charge >= 0.3 is 5.38 Å². The molecule has 28 heavy (non-hydrogen) atoms. The Bertz CT molecular complexity index is 652. The first-order chi connectivity index (χ1) is 13.3. The van der Waals surface area contributed by atoms with Gasteiger partial charge in [0.2, 0.25) is 0 Å². The number of hydrogen-bond donors (Lipinski definition) is 0. The minimum Gasteiger partial charge on any atom is -0.348 e. The fourth-order valence-corrected chi connectivity index (χ4v) is 4.27. The molecule has 1 aliphatic heterocycles. The third-order valence-electron chi connectivity index (χ3n) is 5.79. The quantitative estimate of drug-likeness (QED) is 0.290. The minimum absolute atomic E-state index is 0.0286. The van der Waals surface area contributed by atoms with E-state index in [1.54, 1.807) is 0 Å². The Labute approximate surface area is 167 Å². The predicted molar refractivity (Wildman–Crippen MR) is 99.1 cm³/mol. The molecule has 1 heterocycles. The van der Waals surface area contributed by atoms with Gasteiger partial charge in [-0.1, -0.05) is 12.5 Å². The minimum atomic E-state index is -4.11. The highest BCUT2D eigenvalue weighted by molar-refractivity contribution is 6.21. The molecule has 0 atom stereocenters. The van der Waals surface area contributed by atoms with Crippen LogP contribution in [0, 0.1) is 29.4 Å². The molecule has 2 aliphatic rings. The molecule has 0 N–H and O–H groups in total. The van der Waals surface area contributed by atoms with Crippen LogP contribution in [0.1, 0.15) is 55.9 Å². The van der Waals surface area contributed by atoms with Crippen LogP contribution in [0.25, 0.3) is 0 Å². The molecule has 2 fully saturated rings. The molecule has 1 saturated heterocycles. The first kappa shape index (κ1) is 21.6. The van der Waals surface area contributed by atoms with E-state index in [1.807, 2.05) is 6.08 Å². The number of halogens is 5. The molecule has 156 valence electrons. The average Bonchev–Trinajstić information content (AvgIpc) is 2.65. The highest BCUT2D eigenvalue weighted by Gasteiger charge is 2.36. The maximum absolute atomic E-state index is 13.9. The largest absolute Gasteiger partial charge is 0.353 e. The van der Waals surface area contributed by atoms with Gasteiger partial charge in [0.25, 0.3) is 0 Å². The van der Waals surface area contributed by atoms with Crippen molar-refractivity contribution in [2.45, 2.75) is 50.2 Å². The lowest BCUT2D eigenvalue weighted by molar-refractivity contribution is -0.206. The van der Waals surface area contributed by atoms with Crippen molar-refractivity contribution in [3.05, 3.63) is 47.5 Å². The zero-order chi connectivity index (χ0) is 20.3. The van der Waals surface area contributed by atoms with Crippen LogP contribution < -0.4 is 0 Å². The van der Waals surface area contributed by atoms with Gasteiger partial charge < -0.3 is 9.47 Å². The first-order valence-electron chi connectivity index (χ1n) is 9.69. The lowest BCUT2D eigenvalue weighted by Gasteiger charge is -2.32. The zero-order valence-electron chi connectivity index (χ0n) is 15.6. The maximum Gasteiger partial charge on any atom is 0.353 e. The second-order valence-corrected chi connectivity index (χ2v) is 8.29. The van der Waals surface area contributed by atoms with Crippen molar-refractivity contribution < 1.29 is 27.0 Å². The number of ether oxygens (including phenoxy) is 2. The molecule has 1 saturated carbocycles. The molecular formula is C21H25ClF4O2. The topological polar surface area (TPSA) is 18.5 Å². The van der Waals surface area contributed by atoms with E-state index in [-0.39, 0.29) is 11.5 Å². The van der Waals surface area contributed by atoms with Crippen LogP contribution in [0.15, 0.2) is 24.8 Å². The summed E-state index contributed by atoms with van der Waals surface area (Å²) >= 11 is 4.76. The molecule has 0 aromatic heterocycles. The van der Waals surface area contributed by atoms with Crippen LogP contribution in [0.4, 0.5) is 17.6 Å². The fraction of sp³-hybridized carbons (Fsp3) is 0.619. The Morgan fingerprint density at radius 1 is 1.00 bits per heavy atom. The molecule has 0 radical (unpaired) electrons. The molecule has 0 bridgehead atoms. The molecular weight excluding hydrogens is 396 g/mol. The number of hydrogen-bond acceptors (Lipinski definition) is 2. The third kappa shape index (κ3) is 5.28. The van der Waals surface area contributed by atoms with Crippen molar-refractivity contribution in [3.63, 3.8) is 0 Å². The van der Waals surface area contributed by atoms with Gasteiger partial charge in [0.15, 0.2) is 6.29 Å². The third-order valence-corrected chi connectivity index (χ3v) is 5.98. The summed E-state index contributed by atoms with van der Waals surface area (Å²) in [6, 6.07) is 1.58. The average molecular weight is 421 g/mol. The second-order valence-electron chi connectivity index (χ2n) is 7.82. The monoisotopic (exact) mass is 420 g/mol. The van der Waals surface area contributed by atoms with Crippen molar-refractivity contribution in [1.82, 2.24) is 0 Å². The molecule has 1 aromatic carbocycles.